The molecular weight excluding hydrogens is 216 g/mol. The number of aromatic nitrogens is 2. The van der Waals surface area contributed by atoms with Crippen LogP contribution in [0.2, 0.25) is 0 Å². The average Bonchev–Trinajstić information content (AvgIpc) is 2.28. The molecule has 0 spiro atoms. The van der Waals surface area contributed by atoms with E-state index in [1.807, 2.05) is 20.8 Å². The number of nitrogens with zero attached hydrogens (tertiary/aromatic N) is 2. The third-order valence-corrected chi connectivity index (χ3v) is 2.77. The Labute approximate surface area is 103 Å². The normalized spacial score (nSPS) is 13.2. The molecule has 1 N–H and O–H groups in total. The van der Waals surface area contributed by atoms with Gasteiger partial charge in [-0.05, 0) is 12.8 Å². The SMILES string of the molecule is CC(C)c1ncc(OC(C)C(C)C)c(CO)n1. The van der Waals surface area contributed by atoms with Crippen LogP contribution in [0.25, 0.3) is 0 Å². The molecule has 1 unspecified atom stereocenters. The highest BCUT2D eigenvalue weighted by Gasteiger charge is 2.14. The summed E-state index contributed by atoms with van der Waals surface area (Å²) in [5.41, 5.74) is 0.566. The van der Waals surface area contributed by atoms with E-state index in [0.29, 0.717) is 17.4 Å². The Balaban J connectivity index is 2.93. The van der Waals surface area contributed by atoms with Crippen LogP contribution < -0.4 is 4.74 Å². The van der Waals surface area contributed by atoms with Crippen molar-refractivity contribution in [1.29, 1.82) is 0 Å². The molecule has 96 valence electrons. The van der Waals surface area contributed by atoms with Gasteiger partial charge in [0, 0.05) is 5.92 Å². The van der Waals surface area contributed by atoms with Crippen LogP contribution in [0.3, 0.4) is 0 Å². The molecule has 1 atom stereocenters. The van der Waals surface area contributed by atoms with Crippen LogP contribution in [-0.2, 0) is 6.61 Å². The van der Waals surface area contributed by atoms with E-state index in [9.17, 15) is 5.11 Å². The van der Waals surface area contributed by atoms with E-state index in [2.05, 4.69) is 23.8 Å². The fourth-order valence-corrected chi connectivity index (χ4v) is 1.25. The van der Waals surface area contributed by atoms with E-state index in [4.69, 9.17) is 4.74 Å². The Morgan fingerprint density at radius 2 is 1.88 bits per heavy atom. The molecule has 1 heterocycles. The fourth-order valence-electron chi connectivity index (χ4n) is 1.25. The molecule has 0 saturated carbocycles. The number of ether oxygens (including phenoxy) is 1. The molecule has 1 aromatic rings. The molecule has 0 bridgehead atoms. The molecule has 4 heteroatoms. The van der Waals surface area contributed by atoms with Gasteiger partial charge in [-0.3, -0.25) is 0 Å². The predicted molar refractivity (Wildman–Crippen MR) is 67.0 cm³/mol. The Hall–Kier alpha value is -1.16. The lowest BCUT2D eigenvalue weighted by Gasteiger charge is -2.19. The molecule has 0 fully saturated rings. The summed E-state index contributed by atoms with van der Waals surface area (Å²) >= 11 is 0. The Kier molecular flexibility index (Phi) is 4.87. The van der Waals surface area contributed by atoms with Crippen molar-refractivity contribution >= 4 is 0 Å². The summed E-state index contributed by atoms with van der Waals surface area (Å²) < 4.78 is 5.75. The van der Waals surface area contributed by atoms with E-state index < -0.39 is 0 Å². The molecule has 0 aliphatic heterocycles. The first-order chi connectivity index (χ1) is 7.95. The van der Waals surface area contributed by atoms with Crippen molar-refractivity contribution in [2.45, 2.75) is 53.2 Å². The lowest BCUT2D eigenvalue weighted by molar-refractivity contribution is 0.161. The van der Waals surface area contributed by atoms with Gasteiger partial charge in [-0.15, -0.1) is 0 Å². The summed E-state index contributed by atoms with van der Waals surface area (Å²) in [5.74, 6) is 1.97. The molecule has 1 aromatic heterocycles. The van der Waals surface area contributed by atoms with Gasteiger partial charge in [-0.1, -0.05) is 27.7 Å². The standard InChI is InChI=1S/C13H22N2O2/c1-8(2)10(5)17-12-6-14-13(9(3)4)15-11(12)7-16/h6,8-10,16H,7H2,1-5H3. The zero-order chi connectivity index (χ0) is 13.0. The predicted octanol–water partition coefficient (Wildman–Crippen LogP) is 2.52. The minimum Gasteiger partial charge on any atom is -0.487 e. The lowest BCUT2D eigenvalue weighted by Crippen LogP contribution is -2.20. The van der Waals surface area contributed by atoms with Crippen LogP contribution in [0.1, 0.15) is 52.1 Å². The van der Waals surface area contributed by atoms with Crippen molar-refractivity contribution < 1.29 is 9.84 Å². The van der Waals surface area contributed by atoms with Crippen molar-refractivity contribution in [2.24, 2.45) is 5.92 Å². The Morgan fingerprint density at radius 3 is 2.35 bits per heavy atom. The van der Waals surface area contributed by atoms with Gasteiger partial charge in [0.05, 0.1) is 18.9 Å². The van der Waals surface area contributed by atoms with Gasteiger partial charge >= 0.3 is 0 Å². The average molecular weight is 238 g/mol. The highest BCUT2D eigenvalue weighted by atomic mass is 16.5. The van der Waals surface area contributed by atoms with Crippen molar-refractivity contribution in [3.8, 4) is 5.75 Å². The van der Waals surface area contributed by atoms with Gasteiger partial charge in [-0.25, -0.2) is 9.97 Å². The summed E-state index contributed by atoms with van der Waals surface area (Å²) in [6.07, 6.45) is 1.74. The first-order valence-electron chi connectivity index (χ1n) is 6.09. The highest BCUT2D eigenvalue weighted by Crippen LogP contribution is 2.21. The van der Waals surface area contributed by atoms with Crippen LogP contribution >= 0.6 is 0 Å². The zero-order valence-electron chi connectivity index (χ0n) is 11.3. The van der Waals surface area contributed by atoms with Gasteiger partial charge in [-0.2, -0.15) is 0 Å². The minimum absolute atomic E-state index is 0.0776. The summed E-state index contributed by atoms with van der Waals surface area (Å²) in [6, 6.07) is 0. The smallest absolute Gasteiger partial charge is 0.161 e. The van der Waals surface area contributed by atoms with Crippen LogP contribution in [-0.4, -0.2) is 21.2 Å². The van der Waals surface area contributed by atoms with Crippen LogP contribution in [0.5, 0.6) is 5.75 Å². The maximum atomic E-state index is 9.31. The zero-order valence-corrected chi connectivity index (χ0v) is 11.3. The second kappa shape index (κ2) is 5.96. The minimum atomic E-state index is -0.123. The third kappa shape index (κ3) is 3.66. The summed E-state index contributed by atoms with van der Waals surface area (Å²) in [5, 5.41) is 9.31. The molecule has 0 aliphatic carbocycles. The molecule has 1 rings (SSSR count). The third-order valence-electron chi connectivity index (χ3n) is 2.77. The lowest BCUT2D eigenvalue weighted by atomic mass is 10.1. The van der Waals surface area contributed by atoms with E-state index in [1.54, 1.807) is 6.20 Å². The first-order valence-corrected chi connectivity index (χ1v) is 6.09. The quantitative estimate of drug-likeness (QED) is 0.856. The fraction of sp³-hybridized carbons (Fsp3) is 0.692. The van der Waals surface area contributed by atoms with Crippen molar-refractivity contribution in [1.82, 2.24) is 9.97 Å². The molecule has 17 heavy (non-hydrogen) atoms. The molecule has 0 aliphatic rings. The van der Waals surface area contributed by atoms with Gasteiger partial charge in [0.25, 0.3) is 0 Å². The van der Waals surface area contributed by atoms with Crippen molar-refractivity contribution in [3.05, 3.63) is 17.7 Å². The van der Waals surface area contributed by atoms with Crippen molar-refractivity contribution in [3.63, 3.8) is 0 Å². The largest absolute Gasteiger partial charge is 0.487 e. The Bertz CT molecular complexity index is 364. The molecule has 0 saturated heterocycles. The second-order valence-electron chi connectivity index (χ2n) is 4.92. The van der Waals surface area contributed by atoms with Crippen LogP contribution in [0, 0.1) is 5.92 Å². The number of aliphatic hydroxyl groups is 1. The summed E-state index contributed by atoms with van der Waals surface area (Å²) in [6.45, 7) is 10.1. The van der Waals surface area contributed by atoms with Gasteiger partial charge < -0.3 is 9.84 Å². The van der Waals surface area contributed by atoms with Gasteiger partial charge in [0.15, 0.2) is 5.75 Å². The molecule has 0 radical (unpaired) electrons. The Morgan fingerprint density at radius 1 is 1.24 bits per heavy atom. The molecule has 0 aromatic carbocycles. The molecular formula is C13H22N2O2. The van der Waals surface area contributed by atoms with Crippen molar-refractivity contribution in [2.75, 3.05) is 0 Å². The van der Waals surface area contributed by atoms with Crippen LogP contribution in [0.15, 0.2) is 6.20 Å². The van der Waals surface area contributed by atoms with E-state index >= 15 is 0 Å². The summed E-state index contributed by atoms with van der Waals surface area (Å²) in [7, 11) is 0. The summed E-state index contributed by atoms with van der Waals surface area (Å²) in [4.78, 5) is 8.57. The number of hydrogen-bond acceptors (Lipinski definition) is 4. The second-order valence-corrected chi connectivity index (χ2v) is 4.92. The van der Waals surface area contributed by atoms with Gasteiger partial charge in [0.1, 0.15) is 11.5 Å². The topological polar surface area (TPSA) is 55.2 Å². The van der Waals surface area contributed by atoms with E-state index in [-0.39, 0.29) is 18.6 Å². The number of aliphatic hydroxyl groups excluding tert-OH is 1. The first kappa shape index (κ1) is 13.9. The maximum Gasteiger partial charge on any atom is 0.161 e. The maximum absolute atomic E-state index is 9.31. The van der Waals surface area contributed by atoms with Crippen LogP contribution in [0.4, 0.5) is 0 Å². The highest BCUT2D eigenvalue weighted by molar-refractivity contribution is 5.25. The number of rotatable bonds is 5. The number of hydrogen-bond donors (Lipinski definition) is 1. The molecule has 0 amide bonds. The van der Waals surface area contributed by atoms with E-state index in [0.717, 1.165) is 5.82 Å². The monoisotopic (exact) mass is 238 g/mol. The van der Waals surface area contributed by atoms with E-state index in [1.165, 1.54) is 0 Å². The molecule has 4 nitrogen and oxygen atoms in total. The van der Waals surface area contributed by atoms with Gasteiger partial charge in [0.2, 0.25) is 0 Å².